The van der Waals surface area contributed by atoms with Crippen LogP contribution < -0.4 is 10.2 Å². The van der Waals surface area contributed by atoms with E-state index >= 15 is 0 Å². The molecule has 0 spiro atoms. The van der Waals surface area contributed by atoms with Crippen molar-refractivity contribution in [3.05, 3.63) is 77.0 Å². The first-order chi connectivity index (χ1) is 12.2. The number of hydrogen-bond acceptors (Lipinski definition) is 4. The number of nitrogens with one attached hydrogen (secondary N) is 1. The highest BCUT2D eigenvalue weighted by Crippen LogP contribution is 2.25. The van der Waals surface area contributed by atoms with Gasteiger partial charge in [0.25, 0.3) is 0 Å². The number of nitrogens with zero attached hydrogens (tertiary/aromatic N) is 3. The summed E-state index contributed by atoms with van der Waals surface area (Å²) in [6, 6.07) is 17.0. The number of anilines is 3. The summed E-state index contributed by atoms with van der Waals surface area (Å²) in [7, 11) is 0. The standard InChI is InChI=1S/C21H22N4/c1-15-7-8-16(2)19(13-15)23-21-22-11-9-20(24-21)25-12-10-17-5-3-4-6-18(17)14-25/h3-9,11,13H,10,12,14H2,1-2H3,(H,22,23,24). The Morgan fingerprint density at radius 2 is 1.84 bits per heavy atom. The SMILES string of the molecule is Cc1ccc(C)c(Nc2nccc(N3CCc4ccccc4C3)n2)c1. The fourth-order valence-electron chi connectivity index (χ4n) is 3.27. The van der Waals surface area contributed by atoms with Crippen LogP contribution in [-0.4, -0.2) is 16.5 Å². The van der Waals surface area contributed by atoms with Gasteiger partial charge in [0.05, 0.1) is 0 Å². The molecule has 0 bridgehead atoms. The average molecular weight is 330 g/mol. The molecular formula is C21H22N4. The Labute approximate surface area is 148 Å². The molecule has 0 saturated heterocycles. The number of hydrogen-bond donors (Lipinski definition) is 1. The highest BCUT2D eigenvalue weighted by Gasteiger charge is 2.17. The van der Waals surface area contributed by atoms with Gasteiger partial charge in [-0.25, -0.2) is 4.98 Å². The lowest BCUT2D eigenvalue weighted by Gasteiger charge is -2.29. The molecule has 1 aliphatic rings. The third-order valence-electron chi connectivity index (χ3n) is 4.74. The smallest absolute Gasteiger partial charge is 0.229 e. The van der Waals surface area contributed by atoms with Crippen molar-refractivity contribution < 1.29 is 0 Å². The predicted molar refractivity (Wildman–Crippen MR) is 102 cm³/mol. The molecular weight excluding hydrogens is 308 g/mol. The highest BCUT2D eigenvalue weighted by atomic mass is 15.2. The predicted octanol–water partition coefficient (Wildman–Crippen LogP) is 4.40. The molecule has 2 aromatic carbocycles. The second-order valence-corrected chi connectivity index (χ2v) is 6.62. The van der Waals surface area contributed by atoms with Crippen molar-refractivity contribution in [2.75, 3.05) is 16.8 Å². The average Bonchev–Trinajstić information content (AvgIpc) is 2.64. The van der Waals surface area contributed by atoms with Crippen molar-refractivity contribution in [1.29, 1.82) is 0 Å². The van der Waals surface area contributed by atoms with E-state index in [1.54, 1.807) is 0 Å². The highest BCUT2D eigenvalue weighted by molar-refractivity contribution is 5.60. The molecule has 1 aromatic heterocycles. The number of rotatable bonds is 3. The molecule has 4 nitrogen and oxygen atoms in total. The van der Waals surface area contributed by atoms with Crippen LogP contribution in [0, 0.1) is 13.8 Å². The van der Waals surface area contributed by atoms with Crippen LogP contribution in [0.4, 0.5) is 17.5 Å². The van der Waals surface area contributed by atoms with E-state index in [-0.39, 0.29) is 0 Å². The molecule has 0 amide bonds. The summed E-state index contributed by atoms with van der Waals surface area (Å²) in [5.74, 6) is 1.61. The van der Waals surface area contributed by atoms with Gasteiger partial charge in [0, 0.05) is 25.0 Å². The Hall–Kier alpha value is -2.88. The molecule has 4 heteroatoms. The number of aromatic nitrogens is 2. The van der Waals surface area contributed by atoms with Crippen LogP contribution in [0.25, 0.3) is 0 Å². The van der Waals surface area contributed by atoms with Crippen molar-refractivity contribution in [3.63, 3.8) is 0 Å². The minimum Gasteiger partial charge on any atom is -0.352 e. The molecule has 2 heterocycles. The Morgan fingerprint density at radius 1 is 1.00 bits per heavy atom. The van der Waals surface area contributed by atoms with Crippen LogP contribution in [0.5, 0.6) is 0 Å². The van der Waals surface area contributed by atoms with Gasteiger partial charge in [-0.1, -0.05) is 36.4 Å². The summed E-state index contributed by atoms with van der Waals surface area (Å²) < 4.78 is 0. The topological polar surface area (TPSA) is 41.1 Å². The van der Waals surface area contributed by atoms with Crippen molar-refractivity contribution in [3.8, 4) is 0 Å². The summed E-state index contributed by atoms with van der Waals surface area (Å²) in [6.07, 6.45) is 2.89. The zero-order valence-corrected chi connectivity index (χ0v) is 14.7. The lowest BCUT2D eigenvalue weighted by molar-refractivity contribution is 0.720. The molecule has 0 unspecified atom stereocenters. The van der Waals surface area contributed by atoms with E-state index in [1.165, 1.54) is 22.3 Å². The van der Waals surface area contributed by atoms with Crippen LogP contribution in [-0.2, 0) is 13.0 Å². The van der Waals surface area contributed by atoms with Gasteiger partial charge in [-0.2, -0.15) is 4.98 Å². The largest absolute Gasteiger partial charge is 0.352 e. The Bertz CT molecular complexity index is 904. The van der Waals surface area contributed by atoms with E-state index < -0.39 is 0 Å². The maximum absolute atomic E-state index is 4.74. The molecule has 0 radical (unpaired) electrons. The number of benzene rings is 2. The van der Waals surface area contributed by atoms with Crippen molar-refractivity contribution >= 4 is 17.5 Å². The quantitative estimate of drug-likeness (QED) is 0.773. The number of fused-ring (bicyclic) bond motifs is 1. The Balaban J connectivity index is 1.57. The van der Waals surface area contributed by atoms with E-state index in [0.29, 0.717) is 5.95 Å². The summed E-state index contributed by atoms with van der Waals surface area (Å²) in [4.78, 5) is 11.5. The number of aryl methyl sites for hydroxylation is 2. The van der Waals surface area contributed by atoms with Gasteiger partial charge in [0.15, 0.2) is 0 Å². The summed E-state index contributed by atoms with van der Waals surface area (Å²) >= 11 is 0. The molecule has 0 aliphatic carbocycles. The first kappa shape index (κ1) is 15.6. The molecule has 1 N–H and O–H groups in total. The van der Waals surface area contributed by atoms with E-state index in [4.69, 9.17) is 4.98 Å². The van der Waals surface area contributed by atoms with Gasteiger partial charge >= 0.3 is 0 Å². The molecule has 3 aromatic rings. The molecule has 0 fully saturated rings. The van der Waals surface area contributed by atoms with E-state index in [1.807, 2.05) is 12.3 Å². The Morgan fingerprint density at radius 3 is 2.72 bits per heavy atom. The maximum Gasteiger partial charge on any atom is 0.229 e. The first-order valence-corrected chi connectivity index (χ1v) is 8.68. The van der Waals surface area contributed by atoms with Crippen LogP contribution in [0.1, 0.15) is 22.3 Å². The second-order valence-electron chi connectivity index (χ2n) is 6.62. The van der Waals surface area contributed by atoms with Crippen LogP contribution in [0.3, 0.4) is 0 Å². The van der Waals surface area contributed by atoms with Crippen LogP contribution >= 0.6 is 0 Å². The summed E-state index contributed by atoms with van der Waals surface area (Å²) in [5.41, 5.74) is 6.29. The fourth-order valence-corrected chi connectivity index (χ4v) is 3.27. The van der Waals surface area contributed by atoms with Gasteiger partial charge < -0.3 is 10.2 Å². The van der Waals surface area contributed by atoms with Crippen LogP contribution in [0.15, 0.2) is 54.7 Å². The van der Waals surface area contributed by atoms with E-state index in [0.717, 1.165) is 31.0 Å². The van der Waals surface area contributed by atoms with Gasteiger partial charge in [-0.05, 0) is 54.7 Å². The van der Waals surface area contributed by atoms with Gasteiger partial charge in [-0.15, -0.1) is 0 Å². The van der Waals surface area contributed by atoms with Crippen molar-refractivity contribution in [2.24, 2.45) is 0 Å². The minimum atomic E-state index is 0.644. The monoisotopic (exact) mass is 330 g/mol. The maximum atomic E-state index is 4.74. The third-order valence-corrected chi connectivity index (χ3v) is 4.74. The second kappa shape index (κ2) is 6.55. The molecule has 4 rings (SSSR count). The molecule has 25 heavy (non-hydrogen) atoms. The third kappa shape index (κ3) is 3.33. The van der Waals surface area contributed by atoms with Gasteiger partial charge in [0.2, 0.25) is 5.95 Å². The van der Waals surface area contributed by atoms with Crippen molar-refractivity contribution in [2.45, 2.75) is 26.8 Å². The Kier molecular flexibility index (Phi) is 4.10. The van der Waals surface area contributed by atoms with Gasteiger partial charge in [-0.3, -0.25) is 0 Å². The van der Waals surface area contributed by atoms with Crippen molar-refractivity contribution in [1.82, 2.24) is 9.97 Å². The summed E-state index contributed by atoms with van der Waals surface area (Å²) in [5, 5.41) is 3.36. The van der Waals surface area contributed by atoms with E-state index in [2.05, 4.69) is 71.5 Å². The minimum absolute atomic E-state index is 0.644. The molecule has 126 valence electrons. The zero-order valence-electron chi connectivity index (χ0n) is 14.7. The van der Waals surface area contributed by atoms with E-state index in [9.17, 15) is 0 Å². The zero-order chi connectivity index (χ0) is 17.2. The van der Waals surface area contributed by atoms with Gasteiger partial charge in [0.1, 0.15) is 5.82 Å². The molecule has 1 aliphatic heterocycles. The lowest BCUT2D eigenvalue weighted by Crippen LogP contribution is -2.31. The molecule has 0 saturated carbocycles. The van der Waals surface area contributed by atoms with Crippen LogP contribution in [0.2, 0.25) is 0 Å². The first-order valence-electron chi connectivity index (χ1n) is 8.68. The normalized spacial score (nSPS) is 13.4. The lowest BCUT2D eigenvalue weighted by atomic mass is 10.00. The summed E-state index contributed by atoms with van der Waals surface area (Å²) in [6.45, 7) is 6.06. The molecule has 0 atom stereocenters. The fraction of sp³-hybridized carbons (Fsp3) is 0.238.